The van der Waals surface area contributed by atoms with Crippen molar-refractivity contribution < 1.29 is 5.11 Å². The number of aliphatic hydroxyl groups excluding tert-OH is 1. The van der Waals surface area contributed by atoms with Crippen LogP contribution in [0, 0.1) is 0 Å². The number of rotatable bonds is 6. The largest absolute Gasteiger partial charge is 0.392 e. The minimum absolute atomic E-state index is 0.0313. The molecule has 0 saturated heterocycles. The van der Waals surface area contributed by atoms with Crippen molar-refractivity contribution in [1.82, 2.24) is 15.6 Å². The molecule has 5 nitrogen and oxygen atoms in total. The first-order chi connectivity index (χ1) is 10.8. The number of aliphatic imine (C=N–C) groups is 1. The Labute approximate surface area is 131 Å². The Kier molecular flexibility index (Phi) is 6.39. The van der Waals surface area contributed by atoms with Gasteiger partial charge in [-0.1, -0.05) is 30.3 Å². The average Bonchev–Trinajstić information content (AvgIpc) is 2.58. The van der Waals surface area contributed by atoms with Crippen molar-refractivity contribution in [3.8, 4) is 0 Å². The summed E-state index contributed by atoms with van der Waals surface area (Å²) >= 11 is 0. The Bertz CT molecular complexity index is 599. The summed E-state index contributed by atoms with van der Waals surface area (Å²) in [5.41, 5.74) is 2.90. The lowest BCUT2D eigenvalue weighted by Crippen LogP contribution is -2.37. The Morgan fingerprint density at radius 1 is 1.09 bits per heavy atom. The molecule has 1 aromatic carbocycles. The van der Waals surface area contributed by atoms with Gasteiger partial charge in [0.25, 0.3) is 0 Å². The van der Waals surface area contributed by atoms with E-state index in [0.29, 0.717) is 13.1 Å². The molecule has 0 atom stereocenters. The number of aromatic nitrogens is 1. The van der Waals surface area contributed by atoms with Gasteiger partial charge in [0, 0.05) is 12.7 Å². The summed E-state index contributed by atoms with van der Waals surface area (Å²) in [5, 5.41) is 15.8. The number of aliphatic hydroxyl groups is 1. The normalized spacial score (nSPS) is 11.3. The van der Waals surface area contributed by atoms with E-state index in [4.69, 9.17) is 0 Å². The number of nitrogens with one attached hydrogen (secondary N) is 2. The molecule has 116 valence electrons. The summed E-state index contributed by atoms with van der Waals surface area (Å²) < 4.78 is 0. The Morgan fingerprint density at radius 2 is 1.86 bits per heavy atom. The summed E-state index contributed by atoms with van der Waals surface area (Å²) in [6, 6.07) is 13.6. The summed E-state index contributed by atoms with van der Waals surface area (Å²) in [6.07, 6.45) is 1.78. The fourth-order valence-electron chi connectivity index (χ4n) is 2.05. The predicted octanol–water partition coefficient (Wildman–Crippen LogP) is 1.83. The zero-order valence-electron chi connectivity index (χ0n) is 12.8. The van der Waals surface area contributed by atoms with Crippen LogP contribution < -0.4 is 10.6 Å². The van der Waals surface area contributed by atoms with E-state index < -0.39 is 0 Å². The van der Waals surface area contributed by atoms with Gasteiger partial charge in [0.2, 0.25) is 0 Å². The first-order valence-corrected chi connectivity index (χ1v) is 7.43. The molecule has 0 unspecified atom stereocenters. The monoisotopic (exact) mass is 298 g/mol. The number of pyridine rings is 1. The Morgan fingerprint density at radius 3 is 2.55 bits per heavy atom. The predicted molar refractivity (Wildman–Crippen MR) is 88.3 cm³/mol. The highest BCUT2D eigenvalue weighted by Gasteiger charge is 2.02. The van der Waals surface area contributed by atoms with E-state index >= 15 is 0 Å². The molecule has 0 aliphatic rings. The third-order valence-electron chi connectivity index (χ3n) is 3.20. The van der Waals surface area contributed by atoms with Crippen LogP contribution in [0.4, 0.5) is 0 Å². The molecule has 0 fully saturated rings. The molecule has 0 saturated carbocycles. The van der Waals surface area contributed by atoms with Gasteiger partial charge in [-0.15, -0.1) is 0 Å². The first kappa shape index (κ1) is 16.0. The molecule has 5 heteroatoms. The Balaban J connectivity index is 2.00. The second-order valence-electron chi connectivity index (χ2n) is 4.80. The molecule has 0 bridgehead atoms. The van der Waals surface area contributed by atoms with E-state index in [1.54, 1.807) is 6.20 Å². The second-order valence-corrected chi connectivity index (χ2v) is 4.80. The minimum atomic E-state index is 0.0313. The van der Waals surface area contributed by atoms with Gasteiger partial charge in [-0.3, -0.25) is 4.98 Å². The fraction of sp³-hybridized carbons (Fsp3) is 0.294. The van der Waals surface area contributed by atoms with Gasteiger partial charge in [-0.25, -0.2) is 4.99 Å². The van der Waals surface area contributed by atoms with Crippen molar-refractivity contribution in [2.24, 2.45) is 4.99 Å². The fourth-order valence-corrected chi connectivity index (χ4v) is 2.05. The molecule has 0 spiro atoms. The number of nitrogens with zero attached hydrogens (tertiary/aromatic N) is 2. The third kappa shape index (κ3) is 4.86. The number of hydrogen-bond acceptors (Lipinski definition) is 3. The molecule has 1 heterocycles. The highest BCUT2D eigenvalue weighted by molar-refractivity contribution is 5.79. The standard InChI is InChI=1S/C17H22N4O/c1-2-18-17(21-12-16-9-5-6-10-19-16)20-11-14-7-3-4-8-15(14)13-22/h3-10,22H,2,11-13H2,1H3,(H2,18,20,21). The van der Waals surface area contributed by atoms with E-state index in [2.05, 4.69) is 20.6 Å². The van der Waals surface area contributed by atoms with Crippen molar-refractivity contribution in [1.29, 1.82) is 0 Å². The van der Waals surface area contributed by atoms with Gasteiger partial charge in [-0.05, 0) is 30.2 Å². The maximum Gasteiger partial charge on any atom is 0.191 e. The number of hydrogen-bond donors (Lipinski definition) is 3. The molecule has 22 heavy (non-hydrogen) atoms. The van der Waals surface area contributed by atoms with Crippen molar-refractivity contribution in [3.05, 3.63) is 65.5 Å². The summed E-state index contributed by atoms with van der Waals surface area (Å²) in [5.74, 6) is 0.737. The van der Waals surface area contributed by atoms with Crippen LogP contribution in [0.15, 0.2) is 53.7 Å². The van der Waals surface area contributed by atoms with Crippen molar-refractivity contribution in [3.63, 3.8) is 0 Å². The van der Waals surface area contributed by atoms with Gasteiger partial charge < -0.3 is 15.7 Å². The van der Waals surface area contributed by atoms with Crippen LogP contribution in [0.1, 0.15) is 23.7 Å². The van der Waals surface area contributed by atoms with Crippen LogP contribution in [-0.2, 0) is 19.7 Å². The van der Waals surface area contributed by atoms with Crippen LogP contribution in [0.5, 0.6) is 0 Å². The zero-order chi connectivity index (χ0) is 15.6. The molecule has 2 rings (SSSR count). The molecule has 2 aromatic rings. The molecular formula is C17H22N4O. The average molecular weight is 298 g/mol. The van der Waals surface area contributed by atoms with Crippen molar-refractivity contribution in [2.45, 2.75) is 26.6 Å². The summed E-state index contributed by atoms with van der Waals surface area (Å²) in [6.45, 7) is 3.99. The van der Waals surface area contributed by atoms with Gasteiger partial charge in [0.05, 0.1) is 25.4 Å². The summed E-state index contributed by atoms with van der Waals surface area (Å²) in [4.78, 5) is 8.84. The van der Waals surface area contributed by atoms with E-state index in [1.807, 2.05) is 49.4 Å². The molecule has 1 aromatic heterocycles. The lowest BCUT2D eigenvalue weighted by molar-refractivity contribution is 0.280. The molecule has 0 amide bonds. The quantitative estimate of drug-likeness (QED) is 0.562. The number of benzene rings is 1. The molecule has 0 radical (unpaired) electrons. The van der Waals surface area contributed by atoms with Crippen LogP contribution in [0.2, 0.25) is 0 Å². The molecular weight excluding hydrogens is 276 g/mol. The molecule has 0 aliphatic carbocycles. The minimum Gasteiger partial charge on any atom is -0.392 e. The summed E-state index contributed by atoms with van der Waals surface area (Å²) in [7, 11) is 0. The van der Waals surface area contributed by atoms with Gasteiger partial charge in [0.15, 0.2) is 5.96 Å². The lowest BCUT2D eigenvalue weighted by Gasteiger charge is -2.11. The Hall–Kier alpha value is -2.40. The second kappa shape index (κ2) is 8.79. The third-order valence-corrected chi connectivity index (χ3v) is 3.20. The van der Waals surface area contributed by atoms with E-state index in [9.17, 15) is 5.11 Å². The smallest absolute Gasteiger partial charge is 0.191 e. The van der Waals surface area contributed by atoms with Gasteiger partial charge >= 0.3 is 0 Å². The lowest BCUT2D eigenvalue weighted by atomic mass is 10.1. The van der Waals surface area contributed by atoms with Crippen molar-refractivity contribution in [2.75, 3.05) is 6.54 Å². The first-order valence-electron chi connectivity index (χ1n) is 7.43. The van der Waals surface area contributed by atoms with E-state index in [1.165, 1.54) is 0 Å². The SMILES string of the molecule is CCNC(=NCc1ccccc1CO)NCc1ccccn1. The molecule has 0 aliphatic heterocycles. The number of guanidine groups is 1. The van der Waals surface area contributed by atoms with Crippen molar-refractivity contribution >= 4 is 5.96 Å². The molecule has 3 N–H and O–H groups in total. The van der Waals surface area contributed by atoms with Crippen LogP contribution in [0.25, 0.3) is 0 Å². The van der Waals surface area contributed by atoms with Gasteiger partial charge in [0.1, 0.15) is 0 Å². The zero-order valence-corrected chi connectivity index (χ0v) is 12.8. The highest BCUT2D eigenvalue weighted by Crippen LogP contribution is 2.09. The van der Waals surface area contributed by atoms with Crippen LogP contribution in [-0.4, -0.2) is 22.6 Å². The van der Waals surface area contributed by atoms with Gasteiger partial charge in [-0.2, -0.15) is 0 Å². The maximum absolute atomic E-state index is 9.35. The topological polar surface area (TPSA) is 69.5 Å². The van der Waals surface area contributed by atoms with E-state index in [-0.39, 0.29) is 6.61 Å². The highest BCUT2D eigenvalue weighted by atomic mass is 16.3. The van der Waals surface area contributed by atoms with Crippen LogP contribution >= 0.6 is 0 Å². The van der Waals surface area contributed by atoms with Crippen LogP contribution in [0.3, 0.4) is 0 Å². The maximum atomic E-state index is 9.35. The van der Waals surface area contributed by atoms with E-state index in [0.717, 1.165) is 29.3 Å².